The van der Waals surface area contributed by atoms with Gasteiger partial charge in [-0.05, 0) is 44.6 Å². The first-order chi connectivity index (χ1) is 14.0. The molecule has 2 aliphatic heterocycles. The molecule has 2 aliphatic rings. The minimum atomic E-state index is -1.02. The second-order valence-electron chi connectivity index (χ2n) is 7.75. The molecule has 2 saturated heterocycles. The average molecular weight is 399 g/mol. The zero-order valence-electron chi connectivity index (χ0n) is 17.1. The summed E-state index contributed by atoms with van der Waals surface area (Å²) in [7, 11) is 0. The number of hydrogen-bond acceptors (Lipinski definition) is 4. The molecule has 6 nitrogen and oxygen atoms in total. The van der Waals surface area contributed by atoms with Crippen LogP contribution in [0, 0.1) is 5.92 Å². The van der Waals surface area contributed by atoms with Gasteiger partial charge in [-0.15, -0.1) is 6.58 Å². The quantitative estimate of drug-likeness (QED) is 0.590. The lowest BCUT2D eigenvalue weighted by molar-refractivity contribution is -0.150. The van der Waals surface area contributed by atoms with E-state index in [2.05, 4.69) is 11.9 Å². The predicted octanol–water partition coefficient (Wildman–Crippen LogP) is 3.14. The molecule has 3 rings (SSSR count). The Kier molecular flexibility index (Phi) is 6.72. The van der Waals surface area contributed by atoms with E-state index in [0.717, 1.165) is 18.4 Å². The van der Waals surface area contributed by atoms with Crippen LogP contribution in [0.25, 0.3) is 0 Å². The van der Waals surface area contributed by atoms with Gasteiger partial charge in [0, 0.05) is 13.0 Å². The third-order valence-electron chi connectivity index (χ3n) is 5.96. The summed E-state index contributed by atoms with van der Waals surface area (Å²) in [4.78, 5) is 41.3. The lowest BCUT2D eigenvalue weighted by atomic mass is 9.85. The van der Waals surface area contributed by atoms with Gasteiger partial charge in [0.15, 0.2) is 0 Å². The first kappa shape index (κ1) is 21.1. The Morgan fingerprint density at radius 2 is 2.07 bits per heavy atom. The SMILES string of the molecule is C=CCCC(=O)N1[C@@H](c2ccccc2)[C@@H](C(=O)OCC)C[C@]12CCCCNC2=O. The fourth-order valence-corrected chi connectivity index (χ4v) is 4.70. The van der Waals surface area contributed by atoms with Gasteiger partial charge in [0.2, 0.25) is 11.8 Å². The smallest absolute Gasteiger partial charge is 0.311 e. The van der Waals surface area contributed by atoms with Gasteiger partial charge in [0.1, 0.15) is 5.54 Å². The molecule has 3 atom stereocenters. The zero-order valence-corrected chi connectivity index (χ0v) is 17.1. The molecule has 29 heavy (non-hydrogen) atoms. The number of esters is 1. The minimum Gasteiger partial charge on any atom is -0.466 e. The highest BCUT2D eigenvalue weighted by Gasteiger charge is 2.60. The Balaban J connectivity index is 2.12. The third kappa shape index (κ3) is 4.07. The Labute approximate surface area is 172 Å². The normalized spacial score (nSPS) is 26.7. The topological polar surface area (TPSA) is 75.7 Å². The van der Waals surface area contributed by atoms with Crippen molar-refractivity contribution >= 4 is 17.8 Å². The molecular weight excluding hydrogens is 368 g/mol. The van der Waals surface area contributed by atoms with Gasteiger partial charge < -0.3 is 15.0 Å². The number of amides is 2. The molecule has 0 bridgehead atoms. The largest absolute Gasteiger partial charge is 0.466 e. The van der Waals surface area contributed by atoms with E-state index in [1.165, 1.54) is 0 Å². The summed E-state index contributed by atoms with van der Waals surface area (Å²) in [6, 6.07) is 8.99. The van der Waals surface area contributed by atoms with Crippen molar-refractivity contribution < 1.29 is 19.1 Å². The number of nitrogens with zero attached hydrogens (tertiary/aromatic N) is 1. The molecule has 0 aromatic heterocycles. The highest BCUT2D eigenvalue weighted by Crippen LogP contribution is 2.50. The van der Waals surface area contributed by atoms with Crippen LogP contribution in [0.4, 0.5) is 0 Å². The van der Waals surface area contributed by atoms with E-state index in [4.69, 9.17) is 4.74 Å². The van der Waals surface area contributed by atoms with E-state index in [1.54, 1.807) is 17.9 Å². The van der Waals surface area contributed by atoms with Crippen LogP contribution in [0.5, 0.6) is 0 Å². The van der Waals surface area contributed by atoms with E-state index in [1.807, 2.05) is 30.3 Å². The van der Waals surface area contributed by atoms with E-state index >= 15 is 0 Å². The summed E-state index contributed by atoms with van der Waals surface area (Å²) >= 11 is 0. The molecule has 1 aromatic carbocycles. The van der Waals surface area contributed by atoms with Gasteiger partial charge in [0.25, 0.3) is 0 Å². The number of likely N-dealkylation sites (tertiary alicyclic amines) is 1. The van der Waals surface area contributed by atoms with Crippen molar-refractivity contribution in [3.8, 4) is 0 Å². The van der Waals surface area contributed by atoms with Crippen LogP contribution in [0.1, 0.15) is 57.1 Å². The van der Waals surface area contributed by atoms with E-state index in [-0.39, 0.29) is 37.2 Å². The van der Waals surface area contributed by atoms with Crippen LogP contribution >= 0.6 is 0 Å². The first-order valence-corrected chi connectivity index (χ1v) is 10.5. The van der Waals surface area contributed by atoms with Crippen LogP contribution in [0.3, 0.4) is 0 Å². The summed E-state index contributed by atoms with van der Waals surface area (Å²) in [6.07, 6.45) is 5.02. The molecule has 2 amide bonds. The van der Waals surface area contributed by atoms with Crippen molar-refractivity contribution in [2.24, 2.45) is 5.92 Å². The Morgan fingerprint density at radius 3 is 2.76 bits per heavy atom. The molecule has 0 unspecified atom stereocenters. The first-order valence-electron chi connectivity index (χ1n) is 10.5. The summed E-state index contributed by atoms with van der Waals surface area (Å²) < 4.78 is 5.36. The van der Waals surface area contributed by atoms with Crippen LogP contribution in [0.15, 0.2) is 43.0 Å². The van der Waals surface area contributed by atoms with Crippen molar-refractivity contribution in [2.45, 2.75) is 57.0 Å². The van der Waals surface area contributed by atoms with Crippen LogP contribution in [0.2, 0.25) is 0 Å². The summed E-state index contributed by atoms with van der Waals surface area (Å²) in [6.45, 7) is 6.34. The molecular formula is C23H30N2O4. The molecule has 2 fully saturated rings. The van der Waals surface area contributed by atoms with Gasteiger partial charge in [-0.3, -0.25) is 14.4 Å². The zero-order chi connectivity index (χ0) is 20.9. The lowest BCUT2D eigenvalue weighted by Crippen LogP contribution is -2.57. The number of nitrogens with one attached hydrogen (secondary N) is 1. The molecule has 0 radical (unpaired) electrons. The monoisotopic (exact) mass is 398 g/mol. The Hall–Kier alpha value is -2.63. The maximum Gasteiger partial charge on any atom is 0.311 e. The predicted molar refractivity (Wildman–Crippen MR) is 110 cm³/mol. The Bertz CT molecular complexity index is 763. The van der Waals surface area contributed by atoms with Crippen molar-refractivity contribution in [1.29, 1.82) is 0 Å². The molecule has 0 aliphatic carbocycles. The number of carbonyl (C=O) groups is 3. The van der Waals surface area contributed by atoms with Gasteiger partial charge in [-0.1, -0.05) is 36.4 Å². The minimum absolute atomic E-state index is 0.123. The molecule has 1 spiro atoms. The van der Waals surface area contributed by atoms with Gasteiger partial charge in [0.05, 0.1) is 18.6 Å². The number of hydrogen-bond donors (Lipinski definition) is 1. The van der Waals surface area contributed by atoms with Gasteiger partial charge in [-0.2, -0.15) is 0 Å². The van der Waals surface area contributed by atoms with Gasteiger partial charge >= 0.3 is 5.97 Å². The number of allylic oxidation sites excluding steroid dienone is 1. The molecule has 156 valence electrons. The molecule has 1 N–H and O–H groups in total. The maximum absolute atomic E-state index is 13.4. The van der Waals surface area contributed by atoms with Crippen LogP contribution in [-0.4, -0.2) is 41.4 Å². The summed E-state index contributed by atoms with van der Waals surface area (Å²) in [5, 5.41) is 2.98. The molecule has 2 heterocycles. The Morgan fingerprint density at radius 1 is 1.31 bits per heavy atom. The van der Waals surface area contributed by atoms with Gasteiger partial charge in [-0.25, -0.2) is 0 Å². The second-order valence-corrected chi connectivity index (χ2v) is 7.75. The molecule has 6 heteroatoms. The number of ether oxygens (including phenoxy) is 1. The van der Waals surface area contributed by atoms with Crippen LogP contribution in [-0.2, 0) is 19.1 Å². The standard InChI is InChI=1S/C23H30N2O4/c1-3-5-13-19(26)25-20(17-11-7-6-8-12-17)18(21(27)29-4-2)16-23(25)14-9-10-15-24-22(23)28/h3,6-8,11-12,18,20H,1,4-5,9-10,13-16H2,2H3,(H,24,28)/t18-,20-,23-/m0/s1. The number of carbonyl (C=O) groups excluding carboxylic acids is 3. The summed E-state index contributed by atoms with van der Waals surface area (Å²) in [5.74, 6) is -1.21. The third-order valence-corrected chi connectivity index (χ3v) is 5.96. The maximum atomic E-state index is 13.4. The van der Waals surface area contributed by atoms with E-state index in [0.29, 0.717) is 19.4 Å². The van der Waals surface area contributed by atoms with Crippen molar-refractivity contribution in [3.05, 3.63) is 48.6 Å². The second kappa shape index (κ2) is 9.25. The fourth-order valence-electron chi connectivity index (χ4n) is 4.70. The summed E-state index contributed by atoms with van der Waals surface area (Å²) in [5.41, 5.74) is -0.168. The fraction of sp³-hybridized carbons (Fsp3) is 0.522. The average Bonchev–Trinajstić information content (AvgIpc) is 2.98. The number of benzene rings is 1. The van der Waals surface area contributed by atoms with E-state index < -0.39 is 17.5 Å². The highest BCUT2D eigenvalue weighted by molar-refractivity contribution is 5.94. The lowest BCUT2D eigenvalue weighted by Gasteiger charge is -2.39. The molecule has 1 aromatic rings. The van der Waals surface area contributed by atoms with Crippen molar-refractivity contribution in [3.63, 3.8) is 0 Å². The highest BCUT2D eigenvalue weighted by atomic mass is 16.5. The van der Waals surface area contributed by atoms with Crippen molar-refractivity contribution in [1.82, 2.24) is 10.2 Å². The molecule has 0 saturated carbocycles. The van der Waals surface area contributed by atoms with Crippen LogP contribution < -0.4 is 5.32 Å². The number of rotatable bonds is 6. The van der Waals surface area contributed by atoms with Crippen molar-refractivity contribution in [2.75, 3.05) is 13.2 Å². The van der Waals surface area contributed by atoms with E-state index in [9.17, 15) is 14.4 Å².